The summed E-state index contributed by atoms with van der Waals surface area (Å²) < 4.78 is 7.45. The Labute approximate surface area is 107 Å². The summed E-state index contributed by atoms with van der Waals surface area (Å²) in [6.07, 6.45) is 1.82. The van der Waals surface area contributed by atoms with Crippen LogP contribution in [0, 0.1) is 13.8 Å². The van der Waals surface area contributed by atoms with E-state index < -0.39 is 0 Å². The summed E-state index contributed by atoms with van der Waals surface area (Å²) in [6, 6.07) is 5.84. The molecule has 2 aromatic rings. The van der Waals surface area contributed by atoms with Gasteiger partial charge < -0.3 is 15.0 Å². The first-order valence-electron chi connectivity index (χ1n) is 5.99. The van der Waals surface area contributed by atoms with Gasteiger partial charge in [-0.1, -0.05) is 6.07 Å². The molecule has 0 aliphatic rings. The molecule has 18 heavy (non-hydrogen) atoms. The van der Waals surface area contributed by atoms with Crippen molar-refractivity contribution in [1.29, 1.82) is 0 Å². The number of aromatic nitrogens is 2. The van der Waals surface area contributed by atoms with Crippen LogP contribution in [0.2, 0.25) is 0 Å². The predicted octanol–water partition coefficient (Wildman–Crippen LogP) is 2.52. The maximum atomic E-state index is 6.07. The second kappa shape index (κ2) is 4.82. The molecule has 1 atom stereocenters. The van der Waals surface area contributed by atoms with Gasteiger partial charge in [0, 0.05) is 17.3 Å². The Bertz CT molecular complexity index is 558. The van der Waals surface area contributed by atoms with Gasteiger partial charge in [-0.3, -0.25) is 0 Å². The minimum Gasteiger partial charge on any atom is -0.496 e. The number of imidazole rings is 1. The zero-order valence-electron chi connectivity index (χ0n) is 11.3. The van der Waals surface area contributed by atoms with E-state index in [1.54, 1.807) is 7.11 Å². The molecular weight excluding hydrogens is 226 g/mol. The highest BCUT2D eigenvalue weighted by Crippen LogP contribution is 2.30. The van der Waals surface area contributed by atoms with Crippen molar-refractivity contribution in [3.63, 3.8) is 0 Å². The van der Waals surface area contributed by atoms with Gasteiger partial charge in [0.05, 0.1) is 24.8 Å². The molecule has 0 aliphatic heterocycles. The molecule has 0 aliphatic carbocycles. The molecule has 2 rings (SSSR count). The Morgan fingerprint density at radius 3 is 2.56 bits per heavy atom. The second-order valence-corrected chi connectivity index (χ2v) is 4.47. The van der Waals surface area contributed by atoms with Crippen molar-refractivity contribution in [2.45, 2.75) is 26.8 Å². The first-order chi connectivity index (χ1) is 8.56. The van der Waals surface area contributed by atoms with E-state index >= 15 is 0 Å². The SMILES string of the molecule is COc1cccc(-n2cnc(C)c2C)c1[C@@H](C)N. The van der Waals surface area contributed by atoms with E-state index in [4.69, 9.17) is 10.5 Å². The van der Waals surface area contributed by atoms with Crippen molar-refractivity contribution in [1.82, 2.24) is 9.55 Å². The van der Waals surface area contributed by atoms with Crippen molar-refractivity contribution < 1.29 is 4.74 Å². The highest BCUT2D eigenvalue weighted by Gasteiger charge is 2.16. The van der Waals surface area contributed by atoms with Gasteiger partial charge in [-0.25, -0.2) is 4.98 Å². The molecule has 1 aromatic heterocycles. The lowest BCUT2D eigenvalue weighted by Gasteiger charge is -2.18. The average molecular weight is 245 g/mol. The molecule has 0 unspecified atom stereocenters. The largest absolute Gasteiger partial charge is 0.496 e. The lowest BCUT2D eigenvalue weighted by molar-refractivity contribution is 0.406. The molecule has 4 nitrogen and oxygen atoms in total. The van der Waals surface area contributed by atoms with Crippen molar-refractivity contribution in [2.75, 3.05) is 7.11 Å². The Kier molecular flexibility index (Phi) is 3.39. The number of hydrogen-bond donors (Lipinski definition) is 1. The number of benzene rings is 1. The van der Waals surface area contributed by atoms with Crippen molar-refractivity contribution in [3.8, 4) is 11.4 Å². The van der Waals surface area contributed by atoms with Gasteiger partial charge in [0.2, 0.25) is 0 Å². The van der Waals surface area contributed by atoms with Crippen LogP contribution < -0.4 is 10.5 Å². The van der Waals surface area contributed by atoms with Crippen molar-refractivity contribution >= 4 is 0 Å². The molecule has 1 aromatic carbocycles. The van der Waals surface area contributed by atoms with Crippen LogP contribution in [0.25, 0.3) is 5.69 Å². The molecule has 0 amide bonds. The number of hydrogen-bond acceptors (Lipinski definition) is 3. The summed E-state index contributed by atoms with van der Waals surface area (Å²) in [6.45, 7) is 6.00. The molecule has 0 fully saturated rings. The van der Waals surface area contributed by atoms with E-state index in [2.05, 4.69) is 9.55 Å². The minimum absolute atomic E-state index is 0.0988. The van der Waals surface area contributed by atoms with Crippen LogP contribution >= 0.6 is 0 Å². The van der Waals surface area contributed by atoms with Gasteiger partial charge in [-0.05, 0) is 32.9 Å². The van der Waals surface area contributed by atoms with E-state index in [1.165, 1.54) is 0 Å². The third-order valence-corrected chi connectivity index (χ3v) is 3.23. The van der Waals surface area contributed by atoms with Crippen molar-refractivity contribution in [3.05, 3.63) is 41.5 Å². The minimum atomic E-state index is -0.0988. The zero-order valence-corrected chi connectivity index (χ0v) is 11.3. The summed E-state index contributed by atoms with van der Waals surface area (Å²) >= 11 is 0. The summed E-state index contributed by atoms with van der Waals surface area (Å²) in [4.78, 5) is 4.33. The standard InChI is InChI=1S/C14H19N3O/c1-9(15)14-12(6-5-7-13(14)18-4)17-8-16-10(2)11(17)3/h5-9H,15H2,1-4H3/t9-/m1/s1. The van der Waals surface area contributed by atoms with Gasteiger partial charge in [0.25, 0.3) is 0 Å². The van der Waals surface area contributed by atoms with Gasteiger partial charge in [0.15, 0.2) is 0 Å². The van der Waals surface area contributed by atoms with E-state index in [1.807, 2.05) is 45.3 Å². The Balaban J connectivity index is 2.67. The number of aryl methyl sites for hydroxylation is 1. The van der Waals surface area contributed by atoms with Crippen LogP contribution in [0.4, 0.5) is 0 Å². The quantitative estimate of drug-likeness (QED) is 0.904. The Hall–Kier alpha value is -1.81. The highest BCUT2D eigenvalue weighted by atomic mass is 16.5. The molecule has 96 valence electrons. The van der Waals surface area contributed by atoms with E-state index in [0.717, 1.165) is 28.4 Å². The fourth-order valence-electron chi connectivity index (χ4n) is 2.12. The fourth-order valence-corrected chi connectivity index (χ4v) is 2.12. The van der Waals surface area contributed by atoms with Gasteiger partial charge in [-0.15, -0.1) is 0 Å². The number of nitrogens with two attached hydrogens (primary N) is 1. The van der Waals surface area contributed by atoms with E-state index in [0.29, 0.717) is 0 Å². The number of methoxy groups -OCH3 is 1. The monoisotopic (exact) mass is 245 g/mol. The maximum absolute atomic E-state index is 6.07. The summed E-state index contributed by atoms with van der Waals surface area (Å²) in [5.74, 6) is 0.813. The second-order valence-electron chi connectivity index (χ2n) is 4.47. The summed E-state index contributed by atoms with van der Waals surface area (Å²) in [7, 11) is 1.66. The zero-order chi connectivity index (χ0) is 13.3. The third-order valence-electron chi connectivity index (χ3n) is 3.23. The molecule has 0 saturated carbocycles. The smallest absolute Gasteiger partial charge is 0.125 e. The molecular formula is C14H19N3O. The lowest BCUT2D eigenvalue weighted by atomic mass is 10.0. The molecule has 0 spiro atoms. The summed E-state index contributed by atoms with van der Waals surface area (Å²) in [5, 5.41) is 0. The lowest BCUT2D eigenvalue weighted by Crippen LogP contribution is -2.12. The summed E-state index contributed by atoms with van der Waals surface area (Å²) in [5.41, 5.74) is 10.2. The fraction of sp³-hybridized carbons (Fsp3) is 0.357. The van der Waals surface area contributed by atoms with Crippen LogP contribution in [0.1, 0.15) is 29.9 Å². The van der Waals surface area contributed by atoms with E-state index in [9.17, 15) is 0 Å². The molecule has 0 bridgehead atoms. The van der Waals surface area contributed by atoms with Crippen molar-refractivity contribution in [2.24, 2.45) is 5.73 Å². The molecule has 2 N–H and O–H groups in total. The normalized spacial score (nSPS) is 12.5. The molecule has 0 radical (unpaired) electrons. The first kappa shape index (κ1) is 12.6. The number of ether oxygens (including phenoxy) is 1. The van der Waals surface area contributed by atoms with Crippen LogP contribution in [0.3, 0.4) is 0 Å². The van der Waals surface area contributed by atoms with E-state index in [-0.39, 0.29) is 6.04 Å². The van der Waals surface area contributed by atoms with Crippen LogP contribution in [-0.4, -0.2) is 16.7 Å². The Morgan fingerprint density at radius 2 is 2.06 bits per heavy atom. The van der Waals surface area contributed by atoms with Crippen LogP contribution in [0.5, 0.6) is 5.75 Å². The highest BCUT2D eigenvalue weighted by molar-refractivity contribution is 5.52. The number of rotatable bonds is 3. The topological polar surface area (TPSA) is 53.1 Å². The van der Waals surface area contributed by atoms with Gasteiger partial charge in [0.1, 0.15) is 5.75 Å². The first-order valence-corrected chi connectivity index (χ1v) is 5.99. The van der Waals surface area contributed by atoms with Gasteiger partial charge in [-0.2, -0.15) is 0 Å². The molecule has 4 heteroatoms. The average Bonchev–Trinajstić information content (AvgIpc) is 2.69. The predicted molar refractivity (Wildman–Crippen MR) is 72.2 cm³/mol. The molecule has 1 heterocycles. The molecule has 0 saturated heterocycles. The number of nitrogens with zero attached hydrogens (tertiary/aromatic N) is 2. The Morgan fingerprint density at radius 1 is 1.33 bits per heavy atom. The van der Waals surface area contributed by atoms with Crippen LogP contribution in [-0.2, 0) is 0 Å². The third kappa shape index (κ3) is 1.99. The van der Waals surface area contributed by atoms with Crippen LogP contribution in [0.15, 0.2) is 24.5 Å². The maximum Gasteiger partial charge on any atom is 0.125 e. The van der Waals surface area contributed by atoms with Gasteiger partial charge >= 0.3 is 0 Å².